The summed E-state index contributed by atoms with van der Waals surface area (Å²) in [6.07, 6.45) is 1.03. The number of anilines is 1. The third kappa shape index (κ3) is 3.99. The van der Waals surface area contributed by atoms with Crippen molar-refractivity contribution in [1.82, 2.24) is 0 Å². The molecule has 1 atom stereocenters. The summed E-state index contributed by atoms with van der Waals surface area (Å²) in [4.78, 5) is 0.299. The highest BCUT2D eigenvalue weighted by Gasteiger charge is 2.18. The molecule has 24 heavy (non-hydrogen) atoms. The van der Waals surface area contributed by atoms with Gasteiger partial charge in [0, 0.05) is 0 Å². The van der Waals surface area contributed by atoms with Gasteiger partial charge in [0.25, 0.3) is 10.0 Å². The van der Waals surface area contributed by atoms with E-state index in [-0.39, 0.29) is 5.92 Å². The molecule has 3 nitrogen and oxygen atoms in total. The van der Waals surface area contributed by atoms with Gasteiger partial charge in [-0.15, -0.1) is 0 Å². The summed E-state index contributed by atoms with van der Waals surface area (Å²) in [6.45, 7) is 10.3. The standard InChI is InChI=1S/C20H27NO2S/c1-6-15(4)17-10-12-18(13-11-17)24(22,23)21-20-16(5)8-7-9-19(20)14(2)3/h7-15,21H,6H2,1-5H3. The van der Waals surface area contributed by atoms with Crippen molar-refractivity contribution in [3.8, 4) is 0 Å². The molecule has 0 aliphatic heterocycles. The minimum absolute atomic E-state index is 0.246. The van der Waals surface area contributed by atoms with Crippen molar-refractivity contribution in [3.05, 3.63) is 59.2 Å². The van der Waals surface area contributed by atoms with E-state index in [1.54, 1.807) is 12.1 Å². The highest BCUT2D eigenvalue weighted by Crippen LogP contribution is 2.30. The van der Waals surface area contributed by atoms with Crippen LogP contribution in [0.25, 0.3) is 0 Å². The molecule has 130 valence electrons. The molecule has 0 amide bonds. The third-order valence-corrected chi connectivity index (χ3v) is 5.90. The lowest BCUT2D eigenvalue weighted by atomic mass is 9.99. The van der Waals surface area contributed by atoms with E-state index in [0.29, 0.717) is 16.5 Å². The molecule has 0 radical (unpaired) electrons. The average Bonchev–Trinajstić information content (AvgIpc) is 2.55. The van der Waals surface area contributed by atoms with Gasteiger partial charge in [0.2, 0.25) is 0 Å². The first-order chi connectivity index (χ1) is 11.3. The van der Waals surface area contributed by atoms with E-state index in [1.807, 2.05) is 37.3 Å². The molecule has 0 fully saturated rings. The summed E-state index contributed by atoms with van der Waals surface area (Å²) in [5, 5.41) is 0. The van der Waals surface area contributed by atoms with Crippen molar-refractivity contribution < 1.29 is 8.42 Å². The van der Waals surface area contributed by atoms with E-state index in [2.05, 4.69) is 32.4 Å². The van der Waals surface area contributed by atoms with Crippen molar-refractivity contribution in [2.75, 3.05) is 4.72 Å². The number of para-hydroxylation sites is 1. The van der Waals surface area contributed by atoms with E-state index in [0.717, 1.165) is 23.1 Å². The molecule has 2 aromatic carbocycles. The van der Waals surface area contributed by atoms with Gasteiger partial charge >= 0.3 is 0 Å². The van der Waals surface area contributed by atoms with E-state index < -0.39 is 10.0 Å². The monoisotopic (exact) mass is 345 g/mol. The molecule has 0 heterocycles. The highest BCUT2D eigenvalue weighted by atomic mass is 32.2. The summed E-state index contributed by atoms with van der Waals surface area (Å²) in [6, 6.07) is 13.1. The lowest BCUT2D eigenvalue weighted by Gasteiger charge is -2.18. The maximum absolute atomic E-state index is 12.8. The molecule has 0 saturated carbocycles. The van der Waals surface area contributed by atoms with Crippen LogP contribution < -0.4 is 4.72 Å². The van der Waals surface area contributed by atoms with Gasteiger partial charge in [-0.05, 0) is 54.0 Å². The van der Waals surface area contributed by atoms with Crippen LogP contribution in [0.5, 0.6) is 0 Å². The Bertz CT molecular complexity index is 793. The molecule has 2 rings (SSSR count). The minimum atomic E-state index is -3.59. The number of rotatable bonds is 6. The van der Waals surface area contributed by atoms with Gasteiger partial charge in [0.15, 0.2) is 0 Å². The second-order valence-corrected chi connectivity index (χ2v) is 8.36. The van der Waals surface area contributed by atoms with Crippen LogP contribution in [-0.2, 0) is 10.0 Å². The third-order valence-electron chi connectivity index (χ3n) is 4.54. The Hall–Kier alpha value is -1.81. The van der Waals surface area contributed by atoms with E-state index in [4.69, 9.17) is 0 Å². The van der Waals surface area contributed by atoms with E-state index >= 15 is 0 Å². The summed E-state index contributed by atoms with van der Waals surface area (Å²) in [5.41, 5.74) is 3.80. The predicted molar refractivity (Wildman–Crippen MR) is 101 cm³/mol. The first-order valence-corrected chi connectivity index (χ1v) is 9.96. The Morgan fingerprint density at radius 1 is 1.00 bits per heavy atom. The smallest absolute Gasteiger partial charge is 0.261 e. The van der Waals surface area contributed by atoms with Crippen LogP contribution >= 0.6 is 0 Å². The number of benzene rings is 2. The summed E-state index contributed by atoms with van der Waals surface area (Å²) in [5.74, 6) is 0.675. The molecular formula is C20H27NO2S. The molecule has 0 aromatic heterocycles. The first kappa shape index (κ1) is 18.5. The van der Waals surface area contributed by atoms with Crippen LogP contribution in [0.2, 0.25) is 0 Å². The first-order valence-electron chi connectivity index (χ1n) is 8.48. The number of nitrogens with one attached hydrogen (secondary N) is 1. The maximum atomic E-state index is 12.8. The Labute approximate surface area is 146 Å². The second-order valence-electron chi connectivity index (χ2n) is 6.68. The zero-order valence-corrected chi connectivity index (χ0v) is 15.9. The molecule has 2 aromatic rings. The fraction of sp³-hybridized carbons (Fsp3) is 0.400. The lowest BCUT2D eigenvalue weighted by molar-refractivity contribution is 0.601. The quantitative estimate of drug-likeness (QED) is 0.758. The molecule has 1 unspecified atom stereocenters. The summed E-state index contributed by atoms with van der Waals surface area (Å²) >= 11 is 0. The largest absolute Gasteiger partial charge is 0.279 e. The van der Waals surface area contributed by atoms with Crippen molar-refractivity contribution in [1.29, 1.82) is 0 Å². The van der Waals surface area contributed by atoms with Crippen LogP contribution in [0.4, 0.5) is 5.69 Å². The molecular weight excluding hydrogens is 318 g/mol. The lowest BCUT2D eigenvalue weighted by Crippen LogP contribution is -2.15. The molecule has 0 aliphatic rings. The minimum Gasteiger partial charge on any atom is -0.279 e. The van der Waals surface area contributed by atoms with Crippen molar-refractivity contribution in [2.24, 2.45) is 0 Å². The van der Waals surface area contributed by atoms with Crippen molar-refractivity contribution >= 4 is 15.7 Å². The Morgan fingerprint density at radius 2 is 1.62 bits per heavy atom. The van der Waals surface area contributed by atoms with Gasteiger partial charge in [-0.25, -0.2) is 8.42 Å². The number of hydrogen-bond donors (Lipinski definition) is 1. The van der Waals surface area contributed by atoms with E-state index in [9.17, 15) is 8.42 Å². The Kier molecular flexibility index (Phi) is 5.70. The molecule has 0 saturated heterocycles. The molecule has 0 spiro atoms. The van der Waals surface area contributed by atoms with Crippen LogP contribution in [0.1, 0.15) is 62.6 Å². The van der Waals surface area contributed by atoms with Gasteiger partial charge in [-0.3, -0.25) is 4.72 Å². The fourth-order valence-corrected chi connectivity index (χ4v) is 3.88. The number of sulfonamides is 1. The molecule has 4 heteroatoms. The van der Waals surface area contributed by atoms with Crippen LogP contribution in [-0.4, -0.2) is 8.42 Å². The highest BCUT2D eigenvalue weighted by molar-refractivity contribution is 7.92. The van der Waals surface area contributed by atoms with Gasteiger partial charge in [0.1, 0.15) is 0 Å². The van der Waals surface area contributed by atoms with Gasteiger partial charge in [0.05, 0.1) is 10.6 Å². The maximum Gasteiger partial charge on any atom is 0.261 e. The fourth-order valence-electron chi connectivity index (χ4n) is 2.72. The van der Waals surface area contributed by atoms with Gasteiger partial charge in [-0.1, -0.05) is 58.0 Å². The molecule has 0 bridgehead atoms. The summed E-state index contributed by atoms with van der Waals surface area (Å²) in [7, 11) is -3.59. The van der Waals surface area contributed by atoms with Gasteiger partial charge < -0.3 is 0 Å². The topological polar surface area (TPSA) is 46.2 Å². The predicted octanol–water partition coefficient (Wildman–Crippen LogP) is 5.43. The van der Waals surface area contributed by atoms with Crippen molar-refractivity contribution in [2.45, 2.75) is 57.8 Å². The second kappa shape index (κ2) is 7.39. The zero-order valence-electron chi connectivity index (χ0n) is 15.1. The molecule has 1 N–H and O–H groups in total. The Balaban J connectivity index is 2.36. The summed E-state index contributed by atoms with van der Waals surface area (Å²) < 4.78 is 28.3. The SMILES string of the molecule is CCC(C)c1ccc(S(=O)(=O)Nc2c(C)cccc2C(C)C)cc1. The number of hydrogen-bond acceptors (Lipinski definition) is 2. The number of aryl methyl sites for hydroxylation is 1. The average molecular weight is 346 g/mol. The van der Waals surface area contributed by atoms with Crippen LogP contribution in [0.15, 0.2) is 47.4 Å². The molecule has 0 aliphatic carbocycles. The van der Waals surface area contributed by atoms with Crippen LogP contribution in [0, 0.1) is 6.92 Å². The van der Waals surface area contributed by atoms with Crippen molar-refractivity contribution in [3.63, 3.8) is 0 Å². The van der Waals surface area contributed by atoms with Crippen LogP contribution in [0.3, 0.4) is 0 Å². The van der Waals surface area contributed by atoms with Gasteiger partial charge in [-0.2, -0.15) is 0 Å². The zero-order chi connectivity index (χ0) is 17.9. The normalized spacial score (nSPS) is 13.1. The van der Waals surface area contributed by atoms with E-state index in [1.165, 1.54) is 0 Å². The Morgan fingerprint density at radius 3 is 2.17 bits per heavy atom.